The molecule has 0 unspecified atom stereocenters. The SMILES string of the molecule is O=C(O)c1ccccc1.O=[N+]([O-])CCO. The molecule has 0 spiro atoms. The Morgan fingerprint density at radius 3 is 2.07 bits per heavy atom. The van der Waals surface area contributed by atoms with Crippen LogP contribution in [0.3, 0.4) is 0 Å². The number of nitro groups is 1. The number of rotatable bonds is 3. The van der Waals surface area contributed by atoms with Gasteiger partial charge in [0.25, 0.3) is 0 Å². The van der Waals surface area contributed by atoms with Gasteiger partial charge in [-0.05, 0) is 12.1 Å². The lowest BCUT2D eigenvalue weighted by Gasteiger charge is -1.88. The number of benzene rings is 1. The highest BCUT2D eigenvalue weighted by molar-refractivity contribution is 5.87. The molecule has 82 valence electrons. The van der Waals surface area contributed by atoms with Crippen molar-refractivity contribution in [2.45, 2.75) is 0 Å². The van der Waals surface area contributed by atoms with Gasteiger partial charge in [0.15, 0.2) is 0 Å². The molecule has 2 N–H and O–H groups in total. The van der Waals surface area contributed by atoms with Crippen LogP contribution in [0.25, 0.3) is 0 Å². The first kappa shape index (κ1) is 13.1. The third-order valence-corrected chi connectivity index (χ3v) is 1.30. The van der Waals surface area contributed by atoms with Crippen LogP contribution >= 0.6 is 0 Å². The minimum atomic E-state index is -0.879. The maximum absolute atomic E-state index is 10.2. The van der Waals surface area contributed by atoms with Crippen LogP contribution in [0.5, 0.6) is 0 Å². The minimum absolute atomic E-state index is 0.331. The zero-order chi connectivity index (χ0) is 11.7. The lowest BCUT2D eigenvalue weighted by Crippen LogP contribution is -2.03. The second-order valence-corrected chi connectivity index (χ2v) is 2.45. The lowest BCUT2D eigenvalue weighted by atomic mass is 10.2. The van der Waals surface area contributed by atoms with E-state index in [4.69, 9.17) is 10.2 Å². The Balaban J connectivity index is 0.000000288. The van der Waals surface area contributed by atoms with Crippen molar-refractivity contribution in [3.8, 4) is 0 Å². The fourth-order valence-electron chi connectivity index (χ4n) is 0.662. The maximum Gasteiger partial charge on any atom is 0.335 e. The molecule has 0 radical (unpaired) electrons. The summed E-state index contributed by atoms with van der Waals surface area (Å²) in [5.41, 5.74) is 0.331. The molecule has 0 fully saturated rings. The van der Waals surface area contributed by atoms with Crippen molar-refractivity contribution in [2.24, 2.45) is 0 Å². The van der Waals surface area contributed by atoms with E-state index in [2.05, 4.69) is 0 Å². The Morgan fingerprint density at radius 1 is 1.33 bits per heavy atom. The first-order valence-corrected chi connectivity index (χ1v) is 4.09. The number of hydrogen-bond donors (Lipinski definition) is 2. The molecular weight excluding hydrogens is 202 g/mol. The topological polar surface area (TPSA) is 101 Å². The summed E-state index contributed by atoms with van der Waals surface area (Å²) in [5, 5.41) is 25.4. The van der Waals surface area contributed by atoms with E-state index >= 15 is 0 Å². The van der Waals surface area contributed by atoms with Crippen molar-refractivity contribution in [2.75, 3.05) is 13.2 Å². The molecule has 0 aliphatic heterocycles. The highest BCUT2D eigenvalue weighted by atomic mass is 16.6. The molecule has 0 saturated carbocycles. The Hall–Kier alpha value is -1.95. The molecule has 0 aliphatic carbocycles. The first-order valence-electron chi connectivity index (χ1n) is 4.09. The summed E-state index contributed by atoms with van der Waals surface area (Å²) < 4.78 is 0. The summed E-state index contributed by atoms with van der Waals surface area (Å²) in [6.45, 7) is -0.715. The van der Waals surface area contributed by atoms with Crippen molar-refractivity contribution in [3.63, 3.8) is 0 Å². The monoisotopic (exact) mass is 213 g/mol. The van der Waals surface area contributed by atoms with E-state index < -0.39 is 10.9 Å². The van der Waals surface area contributed by atoms with Gasteiger partial charge in [-0.15, -0.1) is 0 Å². The first-order chi connectivity index (χ1) is 7.07. The summed E-state index contributed by atoms with van der Waals surface area (Å²) in [6.07, 6.45) is 0. The number of aliphatic hydroxyl groups is 1. The van der Waals surface area contributed by atoms with E-state index in [9.17, 15) is 14.9 Å². The molecule has 1 rings (SSSR count). The van der Waals surface area contributed by atoms with E-state index in [1.807, 2.05) is 0 Å². The quantitative estimate of drug-likeness (QED) is 0.566. The molecule has 0 heterocycles. The van der Waals surface area contributed by atoms with Crippen molar-refractivity contribution in [3.05, 3.63) is 46.0 Å². The molecule has 0 amide bonds. The van der Waals surface area contributed by atoms with Crippen molar-refractivity contribution < 1.29 is 19.9 Å². The highest BCUT2D eigenvalue weighted by Crippen LogP contribution is 1.96. The molecule has 1 aromatic rings. The Bertz CT molecular complexity index is 312. The normalized spacial score (nSPS) is 8.60. The van der Waals surface area contributed by atoms with Crippen LogP contribution in [-0.4, -0.2) is 34.3 Å². The van der Waals surface area contributed by atoms with Gasteiger partial charge in [-0.1, -0.05) is 18.2 Å². The predicted molar refractivity (Wildman–Crippen MR) is 52.3 cm³/mol. The molecule has 0 saturated heterocycles. The van der Waals surface area contributed by atoms with Gasteiger partial charge in [0.05, 0.1) is 5.56 Å². The van der Waals surface area contributed by atoms with Crippen molar-refractivity contribution in [1.82, 2.24) is 0 Å². The number of carboxylic acids is 1. The predicted octanol–water partition coefficient (Wildman–Crippen LogP) is 0.640. The minimum Gasteiger partial charge on any atom is -0.478 e. The second kappa shape index (κ2) is 7.45. The lowest BCUT2D eigenvalue weighted by molar-refractivity contribution is -0.482. The zero-order valence-corrected chi connectivity index (χ0v) is 7.87. The summed E-state index contributed by atoms with van der Waals surface area (Å²) >= 11 is 0. The summed E-state index contributed by atoms with van der Waals surface area (Å²) in [5.74, 6) is -0.879. The molecule has 15 heavy (non-hydrogen) atoms. The van der Waals surface area contributed by atoms with Crippen LogP contribution in [0.15, 0.2) is 30.3 Å². The van der Waals surface area contributed by atoms with Gasteiger partial charge in [-0.3, -0.25) is 10.1 Å². The van der Waals surface area contributed by atoms with Gasteiger partial charge >= 0.3 is 5.97 Å². The summed E-state index contributed by atoms with van der Waals surface area (Å²) in [7, 11) is 0. The fraction of sp³-hybridized carbons (Fsp3) is 0.222. The average Bonchev–Trinajstić information content (AvgIpc) is 2.20. The van der Waals surface area contributed by atoms with Crippen LogP contribution in [0, 0.1) is 10.1 Å². The molecule has 1 aromatic carbocycles. The van der Waals surface area contributed by atoms with Gasteiger partial charge in [0.2, 0.25) is 6.54 Å². The number of hydrogen-bond acceptors (Lipinski definition) is 4. The number of carboxylic acid groups (broad SMARTS) is 1. The zero-order valence-electron chi connectivity index (χ0n) is 7.87. The number of nitrogens with zero attached hydrogens (tertiary/aromatic N) is 1. The Kier molecular flexibility index (Phi) is 6.48. The molecule has 0 aliphatic rings. The summed E-state index contributed by atoms with van der Waals surface area (Å²) in [6, 6.07) is 8.30. The van der Waals surface area contributed by atoms with Gasteiger partial charge in [-0.25, -0.2) is 4.79 Å². The highest BCUT2D eigenvalue weighted by Gasteiger charge is 1.96. The Morgan fingerprint density at radius 2 is 1.87 bits per heavy atom. The van der Waals surface area contributed by atoms with E-state index in [0.717, 1.165) is 0 Å². The molecule has 0 bridgehead atoms. The van der Waals surface area contributed by atoms with Crippen LogP contribution < -0.4 is 0 Å². The van der Waals surface area contributed by atoms with Crippen LogP contribution in [-0.2, 0) is 0 Å². The van der Waals surface area contributed by atoms with E-state index in [1.165, 1.54) is 0 Å². The smallest absolute Gasteiger partial charge is 0.335 e. The molecular formula is C9H11NO5. The largest absolute Gasteiger partial charge is 0.478 e. The number of carbonyl (C=O) groups is 1. The van der Waals surface area contributed by atoms with Crippen LogP contribution in [0.1, 0.15) is 10.4 Å². The van der Waals surface area contributed by atoms with E-state index in [-0.39, 0.29) is 13.2 Å². The Labute approximate surface area is 85.9 Å². The van der Waals surface area contributed by atoms with Crippen LogP contribution in [0.2, 0.25) is 0 Å². The van der Waals surface area contributed by atoms with Gasteiger partial charge in [0.1, 0.15) is 6.61 Å². The molecule has 6 heteroatoms. The molecule has 0 aromatic heterocycles. The fourth-order valence-corrected chi connectivity index (χ4v) is 0.662. The van der Waals surface area contributed by atoms with E-state index in [1.54, 1.807) is 30.3 Å². The third kappa shape index (κ3) is 7.15. The number of aliphatic hydroxyl groups excluding tert-OH is 1. The van der Waals surface area contributed by atoms with E-state index in [0.29, 0.717) is 5.56 Å². The van der Waals surface area contributed by atoms with Gasteiger partial charge < -0.3 is 10.2 Å². The van der Waals surface area contributed by atoms with Gasteiger partial charge in [-0.2, -0.15) is 0 Å². The van der Waals surface area contributed by atoms with Crippen molar-refractivity contribution >= 4 is 5.97 Å². The molecule has 6 nitrogen and oxygen atoms in total. The third-order valence-electron chi connectivity index (χ3n) is 1.30. The standard InChI is InChI=1S/C7H6O2.C2H5NO3/c8-7(9)6-4-2-1-3-5-6;4-2-1-3(5)6/h1-5H,(H,8,9);4H,1-2H2. The summed E-state index contributed by atoms with van der Waals surface area (Å²) in [4.78, 5) is 18.9. The maximum atomic E-state index is 10.2. The number of aromatic carboxylic acids is 1. The second-order valence-electron chi connectivity index (χ2n) is 2.45. The average molecular weight is 213 g/mol. The van der Waals surface area contributed by atoms with Gasteiger partial charge in [0, 0.05) is 4.92 Å². The van der Waals surface area contributed by atoms with Crippen molar-refractivity contribution in [1.29, 1.82) is 0 Å². The van der Waals surface area contributed by atoms with Crippen LogP contribution in [0.4, 0.5) is 0 Å². The molecule has 0 atom stereocenters.